The quantitative estimate of drug-likeness (QED) is 0.247. The van der Waals surface area contributed by atoms with Gasteiger partial charge in [-0.3, -0.25) is 0 Å². The lowest BCUT2D eigenvalue weighted by Crippen LogP contribution is -1.92. The normalized spacial score (nSPS) is 11.2. The highest BCUT2D eigenvalue weighted by Gasteiger charge is 1.94. The zero-order chi connectivity index (χ0) is 17.7. The summed E-state index contributed by atoms with van der Waals surface area (Å²) in [7, 11) is 0. The highest BCUT2D eigenvalue weighted by molar-refractivity contribution is 5.82. The summed E-state index contributed by atoms with van der Waals surface area (Å²) in [6.45, 7) is 6.36. The van der Waals surface area contributed by atoms with Crippen LogP contribution in [0.25, 0.3) is 0 Å². The molecule has 0 saturated heterocycles. The zero-order valence-corrected chi connectivity index (χ0v) is 14.9. The highest BCUT2D eigenvalue weighted by atomic mass is 16.5. The highest BCUT2D eigenvalue weighted by Crippen LogP contribution is 2.11. The van der Waals surface area contributed by atoms with Gasteiger partial charge in [0.05, 0.1) is 12.4 Å². The van der Waals surface area contributed by atoms with Gasteiger partial charge in [0, 0.05) is 0 Å². The Bertz CT molecular complexity index is 685. The van der Waals surface area contributed by atoms with Gasteiger partial charge in [0.25, 0.3) is 0 Å². The maximum absolute atomic E-state index is 5.44. The zero-order valence-electron chi connectivity index (χ0n) is 14.9. The summed E-state index contributed by atoms with van der Waals surface area (Å²) >= 11 is 0. The molecule has 0 amide bonds. The van der Waals surface area contributed by atoms with Crippen LogP contribution in [0.1, 0.15) is 42.9 Å². The number of aryl methyl sites for hydroxylation is 1. The summed E-state index contributed by atoms with van der Waals surface area (Å²) in [5.74, 6) is 0.819. The van der Waals surface area contributed by atoms with E-state index in [2.05, 4.69) is 48.0 Å². The second-order valence-corrected chi connectivity index (χ2v) is 5.86. The van der Waals surface area contributed by atoms with Crippen LogP contribution in [0.15, 0.2) is 71.4 Å². The summed E-state index contributed by atoms with van der Waals surface area (Å²) in [5, 5.41) is 8.21. The molecule has 130 valence electrons. The number of unbranched alkanes of at least 4 members (excludes halogenated alkanes) is 2. The number of ether oxygens (including phenoxy) is 1. The van der Waals surface area contributed by atoms with E-state index in [0.29, 0.717) is 6.61 Å². The first kappa shape index (κ1) is 18.7. The molecular weight excluding hydrogens is 308 g/mol. The van der Waals surface area contributed by atoms with E-state index in [-0.39, 0.29) is 0 Å². The van der Waals surface area contributed by atoms with Crippen molar-refractivity contribution in [2.24, 2.45) is 10.2 Å². The number of nitrogens with zero attached hydrogens (tertiary/aromatic N) is 2. The van der Waals surface area contributed by atoms with Crippen LogP contribution in [0, 0.1) is 0 Å². The summed E-state index contributed by atoms with van der Waals surface area (Å²) in [6.07, 6.45) is 10.2. The Hall–Kier alpha value is -2.68. The van der Waals surface area contributed by atoms with Gasteiger partial charge < -0.3 is 4.74 Å². The van der Waals surface area contributed by atoms with Crippen molar-refractivity contribution in [3.05, 3.63) is 77.9 Å². The third-order valence-corrected chi connectivity index (χ3v) is 3.78. The Morgan fingerprint density at radius 1 is 0.880 bits per heavy atom. The minimum atomic E-state index is 0.509. The molecule has 0 bridgehead atoms. The average molecular weight is 334 g/mol. The molecule has 0 heterocycles. The Kier molecular flexibility index (Phi) is 8.19. The first-order chi connectivity index (χ1) is 12.3. The van der Waals surface area contributed by atoms with Gasteiger partial charge >= 0.3 is 0 Å². The van der Waals surface area contributed by atoms with Crippen molar-refractivity contribution in [1.82, 2.24) is 0 Å². The molecule has 0 aliphatic carbocycles. The van der Waals surface area contributed by atoms with Gasteiger partial charge in [0.2, 0.25) is 0 Å². The standard InChI is InChI=1S/C22H26N2O/c1-3-5-6-7-19-8-10-20(11-9-19)17-23-24-18-21-12-14-22(15-13-21)25-16-4-2/h4,8-15,17-18H,2-3,5-7,16H2,1H3. The molecular formula is C22H26N2O. The molecule has 2 aromatic rings. The van der Waals surface area contributed by atoms with Crippen LogP contribution in [0.5, 0.6) is 5.75 Å². The van der Waals surface area contributed by atoms with Gasteiger partial charge in [-0.15, -0.1) is 0 Å². The van der Waals surface area contributed by atoms with Crippen molar-refractivity contribution in [2.45, 2.75) is 32.6 Å². The predicted molar refractivity (Wildman–Crippen MR) is 107 cm³/mol. The van der Waals surface area contributed by atoms with Crippen molar-refractivity contribution in [3.63, 3.8) is 0 Å². The number of benzene rings is 2. The smallest absolute Gasteiger partial charge is 0.119 e. The SMILES string of the molecule is C=CCOc1ccc(C=NN=Cc2ccc(CCCCC)cc2)cc1. The maximum Gasteiger partial charge on any atom is 0.119 e. The minimum absolute atomic E-state index is 0.509. The molecule has 3 heteroatoms. The molecule has 0 aliphatic heterocycles. The van der Waals surface area contributed by atoms with E-state index in [1.54, 1.807) is 18.5 Å². The topological polar surface area (TPSA) is 34.0 Å². The van der Waals surface area contributed by atoms with Crippen LogP contribution in [0.4, 0.5) is 0 Å². The molecule has 0 radical (unpaired) electrons. The van der Waals surface area contributed by atoms with Gasteiger partial charge in [0.1, 0.15) is 12.4 Å². The first-order valence-corrected chi connectivity index (χ1v) is 8.81. The monoisotopic (exact) mass is 334 g/mol. The molecule has 0 fully saturated rings. The van der Waals surface area contributed by atoms with Crippen molar-refractivity contribution < 1.29 is 4.74 Å². The lowest BCUT2D eigenvalue weighted by Gasteiger charge is -2.02. The third kappa shape index (κ3) is 7.17. The summed E-state index contributed by atoms with van der Waals surface area (Å²) < 4.78 is 5.44. The van der Waals surface area contributed by atoms with E-state index >= 15 is 0 Å². The number of hydrogen-bond acceptors (Lipinski definition) is 3. The molecule has 3 nitrogen and oxygen atoms in total. The van der Waals surface area contributed by atoms with Crippen LogP contribution in [0.2, 0.25) is 0 Å². The van der Waals surface area contributed by atoms with E-state index in [1.807, 2.05) is 24.3 Å². The third-order valence-electron chi connectivity index (χ3n) is 3.78. The molecule has 0 aliphatic rings. The molecule has 0 aromatic heterocycles. The fraction of sp³-hybridized carbons (Fsp3) is 0.273. The lowest BCUT2D eigenvalue weighted by molar-refractivity contribution is 0.363. The maximum atomic E-state index is 5.44. The molecule has 0 atom stereocenters. The molecule has 0 saturated carbocycles. The van der Waals surface area contributed by atoms with Gasteiger partial charge in [0.15, 0.2) is 0 Å². The van der Waals surface area contributed by atoms with Gasteiger partial charge in [-0.25, -0.2) is 0 Å². The molecule has 2 aromatic carbocycles. The summed E-state index contributed by atoms with van der Waals surface area (Å²) in [5.41, 5.74) is 3.42. The van der Waals surface area contributed by atoms with Crippen molar-refractivity contribution in [1.29, 1.82) is 0 Å². The van der Waals surface area contributed by atoms with E-state index in [0.717, 1.165) is 23.3 Å². The van der Waals surface area contributed by atoms with E-state index in [9.17, 15) is 0 Å². The Morgan fingerprint density at radius 2 is 1.48 bits per heavy atom. The lowest BCUT2D eigenvalue weighted by atomic mass is 10.1. The second-order valence-electron chi connectivity index (χ2n) is 5.86. The van der Waals surface area contributed by atoms with Gasteiger partial charge in [-0.05, 0) is 53.8 Å². The Morgan fingerprint density at radius 3 is 2.04 bits per heavy atom. The van der Waals surface area contributed by atoms with Crippen molar-refractivity contribution >= 4 is 12.4 Å². The Balaban J connectivity index is 1.83. The van der Waals surface area contributed by atoms with Crippen LogP contribution in [0.3, 0.4) is 0 Å². The molecule has 25 heavy (non-hydrogen) atoms. The van der Waals surface area contributed by atoms with Crippen molar-refractivity contribution in [2.75, 3.05) is 6.61 Å². The predicted octanol–water partition coefficient (Wildman–Crippen LogP) is 5.44. The molecule has 0 N–H and O–H groups in total. The van der Waals surface area contributed by atoms with E-state index in [1.165, 1.54) is 24.8 Å². The fourth-order valence-electron chi connectivity index (χ4n) is 2.35. The minimum Gasteiger partial charge on any atom is -0.490 e. The number of hydrogen-bond donors (Lipinski definition) is 0. The van der Waals surface area contributed by atoms with E-state index in [4.69, 9.17) is 4.74 Å². The van der Waals surface area contributed by atoms with Crippen LogP contribution < -0.4 is 4.74 Å². The van der Waals surface area contributed by atoms with Crippen molar-refractivity contribution in [3.8, 4) is 5.75 Å². The fourth-order valence-corrected chi connectivity index (χ4v) is 2.35. The average Bonchev–Trinajstić information content (AvgIpc) is 2.66. The van der Waals surface area contributed by atoms with Crippen LogP contribution in [-0.2, 0) is 6.42 Å². The second kappa shape index (κ2) is 11.0. The summed E-state index contributed by atoms with van der Waals surface area (Å²) in [6, 6.07) is 16.2. The summed E-state index contributed by atoms with van der Waals surface area (Å²) in [4.78, 5) is 0. The first-order valence-electron chi connectivity index (χ1n) is 8.81. The van der Waals surface area contributed by atoms with Crippen LogP contribution >= 0.6 is 0 Å². The van der Waals surface area contributed by atoms with Crippen LogP contribution in [-0.4, -0.2) is 19.0 Å². The Labute approximate surface area is 150 Å². The van der Waals surface area contributed by atoms with Gasteiger partial charge in [-0.2, -0.15) is 10.2 Å². The molecule has 0 spiro atoms. The molecule has 0 unspecified atom stereocenters. The molecule has 2 rings (SSSR count). The largest absolute Gasteiger partial charge is 0.490 e. The number of rotatable bonds is 10. The van der Waals surface area contributed by atoms with Gasteiger partial charge in [-0.1, -0.05) is 56.7 Å². The van der Waals surface area contributed by atoms with E-state index < -0.39 is 0 Å².